The van der Waals surface area contributed by atoms with Crippen LogP contribution in [0.1, 0.15) is 26.7 Å². The fourth-order valence-corrected chi connectivity index (χ4v) is 2.34. The summed E-state index contributed by atoms with van der Waals surface area (Å²) in [6, 6.07) is 0. The van der Waals surface area contributed by atoms with Crippen LogP contribution in [0.5, 0.6) is 0 Å². The molecule has 2 atom stereocenters. The Hall–Kier alpha value is -0.310. The zero-order chi connectivity index (χ0) is 8.43. The third-order valence-electron chi connectivity index (χ3n) is 1.91. The molecule has 0 aromatic carbocycles. The summed E-state index contributed by atoms with van der Waals surface area (Å²) in [6.07, 6.45) is 1.24. The predicted octanol–water partition coefficient (Wildman–Crippen LogP) is 1.63. The highest BCUT2D eigenvalue weighted by atomic mass is 32.2. The van der Waals surface area contributed by atoms with Crippen LogP contribution in [0.15, 0.2) is 0 Å². The average Bonchev–Trinajstić information content (AvgIpc) is 2.28. The van der Waals surface area contributed by atoms with E-state index in [1.54, 1.807) is 0 Å². The topological polar surface area (TPSA) is 34.1 Å². The van der Waals surface area contributed by atoms with Gasteiger partial charge in [-0.1, -0.05) is 25.6 Å². The van der Waals surface area contributed by atoms with Gasteiger partial charge in [0, 0.05) is 11.7 Å². The molecule has 0 amide bonds. The van der Waals surface area contributed by atoms with E-state index in [-0.39, 0.29) is 16.8 Å². The maximum atomic E-state index is 11.1. The third-order valence-corrected chi connectivity index (χ3v) is 3.02. The van der Waals surface area contributed by atoms with Crippen molar-refractivity contribution < 1.29 is 9.59 Å². The van der Waals surface area contributed by atoms with Gasteiger partial charge >= 0.3 is 0 Å². The van der Waals surface area contributed by atoms with Crippen LogP contribution in [0.2, 0.25) is 0 Å². The van der Waals surface area contributed by atoms with Crippen molar-refractivity contribution in [3.8, 4) is 0 Å². The van der Waals surface area contributed by atoms with E-state index in [1.165, 1.54) is 11.8 Å². The number of ketones is 1. The fraction of sp³-hybridized carbons (Fsp3) is 0.750. The quantitative estimate of drug-likeness (QED) is 0.594. The monoisotopic (exact) mass is 172 g/mol. The lowest BCUT2D eigenvalue weighted by molar-refractivity contribution is -0.128. The van der Waals surface area contributed by atoms with E-state index < -0.39 is 0 Å². The van der Waals surface area contributed by atoms with E-state index >= 15 is 0 Å². The van der Waals surface area contributed by atoms with Crippen LogP contribution in [-0.4, -0.2) is 16.1 Å². The first-order valence-electron chi connectivity index (χ1n) is 3.88. The first kappa shape index (κ1) is 8.78. The lowest BCUT2D eigenvalue weighted by Gasteiger charge is -2.01. The van der Waals surface area contributed by atoms with E-state index in [9.17, 15) is 9.59 Å². The van der Waals surface area contributed by atoms with Crippen LogP contribution in [0.4, 0.5) is 0 Å². The molecular formula is C8H12O2S. The highest BCUT2D eigenvalue weighted by Gasteiger charge is 2.34. The minimum absolute atomic E-state index is 0.0735. The van der Waals surface area contributed by atoms with Gasteiger partial charge in [0.15, 0.2) is 5.12 Å². The van der Waals surface area contributed by atoms with Crippen molar-refractivity contribution in [1.82, 2.24) is 0 Å². The van der Waals surface area contributed by atoms with Crippen molar-refractivity contribution in [1.29, 1.82) is 0 Å². The maximum Gasteiger partial charge on any atom is 0.199 e. The average molecular weight is 172 g/mol. The molecule has 1 rings (SSSR count). The SMILES string of the molecule is CCC(=O)C1CC(C)SC1=O. The van der Waals surface area contributed by atoms with Gasteiger partial charge < -0.3 is 0 Å². The van der Waals surface area contributed by atoms with Crippen molar-refractivity contribution >= 4 is 22.7 Å². The predicted molar refractivity (Wildman–Crippen MR) is 45.5 cm³/mol. The Balaban J connectivity index is 2.60. The van der Waals surface area contributed by atoms with Crippen molar-refractivity contribution in [3.05, 3.63) is 0 Å². The second-order valence-electron chi connectivity index (χ2n) is 2.86. The molecule has 1 aliphatic rings. The lowest BCUT2D eigenvalue weighted by Crippen LogP contribution is -2.16. The number of thioether (sulfide) groups is 1. The van der Waals surface area contributed by atoms with Gasteiger partial charge in [0.05, 0.1) is 5.92 Å². The molecule has 0 aliphatic carbocycles. The number of carbonyl (C=O) groups is 2. The highest BCUT2D eigenvalue weighted by molar-refractivity contribution is 8.14. The molecule has 0 bridgehead atoms. The minimum atomic E-state index is -0.292. The number of rotatable bonds is 2. The fourth-order valence-electron chi connectivity index (χ4n) is 1.27. The second-order valence-corrected chi connectivity index (χ2v) is 4.30. The first-order valence-corrected chi connectivity index (χ1v) is 4.76. The summed E-state index contributed by atoms with van der Waals surface area (Å²) in [5.74, 6) is -0.188. The molecule has 1 heterocycles. The molecule has 1 fully saturated rings. The number of hydrogen-bond donors (Lipinski definition) is 0. The molecule has 1 saturated heterocycles. The summed E-state index contributed by atoms with van der Waals surface area (Å²) in [7, 11) is 0. The van der Waals surface area contributed by atoms with Crippen LogP contribution in [0, 0.1) is 5.92 Å². The molecule has 0 aromatic heterocycles. The van der Waals surface area contributed by atoms with Gasteiger partial charge in [-0.3, -0.25) is 9.59 Å². The van der Waals surface area contributed by atoms with Gasteiger partial charge in [-0.25, -0.2) is 0 Å². The lowest BCUT2D eigenvalue weighted by atomic mass is 9.99. The van der Waals surface area contributed by atoms with Crippen LogP contribution in [0.25, 0.3) is 0 Å². The van der Waals surface area contributed by atoms with E-state index in [2.05, 4.69) is 0 Å². The molecule has 2 nitrogen and oxygen atoms in total. The second kappa shape index (κ2) is 3.39. The highest BCUT2D eigenvalue weighted by Crippen LogP contribution is 2.33. The van der Waals surface area contributed by atoms with Gasteiger partial charge in [0.25, 0.3) is 0 Å². The first-order chi connectivity index (χ1) is 5.15. The molecule has 0 saturated carbocycles. The Kier molecular flexibility index (Phi) is 2.71. The van der Waals surface area contributed by atoms with Crippen molar-refractivity contribution in [2.45, 2.75) is 31.9 Å². The number of carbonyl (C=O) groups excluding carboxylic acids is 2. The molecule has 62 valence electrons. The molecule has 0 spiro atoms. The van der Waals surface area contributed by atoms with Crippen LogP contribution in [-0.2, 0) is 9.59 Å². The van der Waals surface area contributed by atoms with E-state index in [0.29, 0.717) is 11.7 Å². The molecule has 0 radical (unpaired) electrons. The van der Waals surface area contributed by atoms with Crippen molar-refractivity contribution in [3.63, 3.8) is 0 Å². The van der Waals surface area contributed by atoms with Gasteiger partial charge in [-0.15, -0.1) is 0 Å². The van der Waals surface area contributed by atoms with Crippen LogP contribution < -0.4 is 0 Å². The Morgan fingerprint density at radius 1 is 1.73 bits per heavy atom. The number of hydrogen-bond acceptors (Lipinski definition) is 3. The summed E-state index contributed by atoms with van der Waals surface area (Å²) in [5, 5.41) is 0.410. The Morgan fingerprint density at radius 2 is 2.36 bits per heavy atom. The Bertz CT molecular complexity index is 181. The van der Waals surface area contributed by atoms with Gasteiger partial charge in [-0.05, 0) is 6.42 Å². The normalized spacial score (nSPS) is 30.9. The van der Waals surface area contributed by atoms with Crippen LogP contribution >= 0.6 is 11.8 Å². The molecule has 0 aromatic rings. The molecular weight excluding hydrogens is 160 g/mol. The molecule has 1 aliphatic heterocycles. The molecule has 0 N–H and O–H groups in total. The van der Waals surface area contributed by atoms with E-state index in [1.807, 2.05) is 13.8 Å². The maximum absolute atomic E-state index is 11.1. The van der Waals surface area contributed by atoms with E-state index in [4.69, 9.17) is 0 Å². The zero-order valence-electron chi connectivity index (χ0n) is 6.79. The third kappa shape index (κ3) is 1.83. The van der Waals surface area contributed by atoms with Gasteiger partial charge in [-0.2, -0.15) is 0 Å². The molecule has 2 unspecified atom stereocenters. The smallest absolute Gasteiger partial charge is 0.199 e. The minimum Gasteiger partial charge on any atom is -0.299 e. The van der Waals surface area contributed by atoms with Crippen LogP contribution in [0.3, 0.4) is 0 Å². The summed E-state index contributed by atoms with van der Waals surface area (Å²) >= 11 is 1.31. The summed E-state index contributed by atoms with van der Waals surface area (Å²) in [6.45, 7) is 3.80. The summed E-state index contributed by atoms with van der Waals surface area (Å²) in [4.78, 5) is 22.3. The van der Waals surface area contributed by atoms with Gasteiger partial charge in [0.2, 0.25) is 0 Å². The van der Waals surface area contributed by atoms with Crippen molar-refractivity contribution in [2.24, 2.45) is 5.92 Å². The summed E-state index contributed by atoms with van der Waals surface area (Å²) in [5.41, 5.74) is 0. The zero-order valence-corrected chi connectivity index (χ0v) is 7.61. The largest absolute Gasteiger partial charge is 0.299 e. The van der Waals surface area contributed by atoms with E-state index in [0.717, 1.165) is 6.42 Å². The Morgan fingerprint density at radius 3 is 2.73 bits per heavy atom. The number of Topliss-reactive ketones (excluding diaryl/α,β-unsaturated/α-hetero) is 1. The summed E-state index contributed by atoms with van der Waals surface area (Å²) < 4.78 is 0. The molecule has 11 heavy (non-hydrogen) atoms. The van der Waals surface area contributed by atoms with Crippen molar-refractivity contribution in [2.75, 3.05) is 0 Å². The van der Waals surface area contributed by atoms with Gasteiger partial charge in [0.1, 0.15) is 5.78 Å². The molecule has 3 heteroatoms. The Labute approximate surface area is 70.7 Å². The standard InChI is InChI=1S/C8H12O2S/c1-3-7(9)6-4-5(2)11-8(6)10/h5-6H,3-4H2,1-2H3.